The second kappa shape index (κ2) is 12.7. The normalized spacial score (nSPS) is 17.4. The average molecular weight is 580 g/mol. The summed E-state index contributed by atoms with van der Waals surface area (Å²) in [6.45, 7) is 10.2. The molecule has 2 fully saturated rings. The van der Waals surface area contributed by atoms with Crippen LogP contribution in [0, 0.1) is 24.0 Å². The number of nitro benzene ring substituents is 1. The van der Waals surface area contributed by atoms with Gasteiger partial charge in [0.05, 0.1) is 18.1 Å². The van der Waals surface area contributed by atoms with Crippen molar-refractivity contribution in [3.05, 3.63) is 57.6 Å². The van der Waals surface area contributed by atoms with Crippen LogP contribution >= 0.6 is 24.0 Å². The fraction of sp³-hybridized carbons (Fsp3) is 0.480. The Morgan fingerprint density at radius 3 is 2.45 bits per heavy atom. The lowest BCUT2D eigenvalue weighted by atomic mass is 10.2. The summed E-state index contributed by atoms with van der Waals surface area (Å²) in [6.07, 6.45) is 0. The minimum absolute atomic E-state index is 0.0442. The Balaban J connectivity index is 1.44. The van der Waals surface area contributed by atoms with E-state index in [4.69, 9.17) is 17.0 Å². The van der Waals surface area contributed by atoms with Crippen molar-refractivity contribution in [2.75, 3.05) is 65.6 Å². The van der Waals surface area contributed by atoms with Gasteiger partial charge in [0.2, 0.25) is 10.0 Å². The van der Waals surface area contributed by atoms with Gasteiger partial charge in [0.15, 0.2) is 5.11 Å². The minimum Gasteiger partial charge on any atom is -0.379 e. The van der Waals surface area contributed by atoms with Crippen molar-refractivity contribution >= 4 is 44.8 Å². The van der Waals surface area contributed by atoms with E-state index in [2.05, 4.69) is 10.2 Å². The number of piperazine rings is 1. The van der Waals surface area contributed by atoms with E-state index in [1.165, 1.54) is 34.3 Å². The molecule has 2 aromatic rings. The molecule has 10 nitrogen and oxygen atoms in total. The number of aryl methyl sites for hydroxylation is 2. The van der Waals surface area contributed by atoms with E-state index in [0.717, 1.165) is 48.9 Å². The van der Waals surface area contributed by atoms with Gasteiger partial charge in [0.25, 0.3) is 5.69 Å². The Hall–Kier alpha value is -2.29. The zero-order valence-corrected chi connectivity index (χ0v) is 24.0. The molecule has 0 aromatic heterocycles. The molecule has 0 bridgehead atoms. The van der Waals surface area contributed by atoms with Crippen LogP contribution in [0.4, 0.5) is 5.69 Å². The van der Waals surface area contributed by atoms with Gasteiger partial charge >= 0.3 is 0 Å². The number of rotatable bonds is 8. The van der Waals surface area contributed by atoms with Gasteiger partial charge in [0, 0.05) is 74.3 Å². The molecular weight excluding hydrogens is 547 g/mol. The zero-order chi connectivity index (χ0) is 27.3. The number of thiocarbonyl (C=S) groups is 1. The fourth-order valence-corrected chi connectivity index (χ4v) is 7.61. The van der Waals surface area contributed by atoms with Crippen LogP contribution in [-0.4, -0.2) is 98.1 Å². The van der Waals surface area contributed by atoms with Gasteiger partial charge in [-0.1, -0.05) is 23.9 Å². The first-order valence-corrected chi connectivity index (χ1v) is 15.2. The molecule has 38 heavy (non-hydrogen) atoms. The number of benzene rings is 2. The average Bonchev–Trinajstić information content (AvgIpc) is 2.91. The SMILES string of the molecule is Cc1ccc(C)c(Sc2ccc([N+](=O)[O-])cc2S(=O)(=O)N2CCN(C(=S)NCCN3CCOCC3)CC2)c1. The van der Waals surface area contributed by atoms with Gasteiger partial charge in [-0.25, -0.2) is 8.42 Å². The number of nitrogens with one attached hydrogen (secondary N) is 1. The highest BCUT2D eigenvalue weighted by atomic mass is 32.2. The molecule has 4 rings (SSSR count). The van der Waals surface area contributed by atoms with Gasteiger partial charge < -0.3 is 15.0 Å². The standard InChI is InChI=1S/C25H33N5O5S3/c1-19-3-4-20(2)23(17-19)37-22-6-5-21(30(31)32)18-24(22)38(33,34)29-11-9-28(10-12-29)25(36)26-7-8-27-13-15-35-16-14-27/h3-6,17-18H,7-16H2,1-2H3,(H,26,36). The molecule has 206 valence electrons. The summed E-state index contributed by atoms with van der Waals surface area (Å²) in [7, 11) is -3.97. The quantitative estimate of drug-likeness (QED) is 0.285. The fourth-order valence-electron chi connectivity index (χ4n) is 4.36. The van der Waals surface area contributed by atoms with E-state index in [0.29, 0.717) is 29.6 Å². The van der Waals surface area contributed by atoms with Gasteiger partial charge in [-0.15, -0.1) is 0 Å². The predicted octanol–water partition coefficient (Wildman–Crippen LogP) is 2.88. The predicted molar refractivity (Wildman–Crippen MR) is 151 cm³/mol. The summed E-state index contributed by atoms with van der Waals surface area (Å²) < 4.78 is 34.3. The van der Waals surface area contributed by atoms with Gasteiger partial charge in [-0.2, -0.15) is 4.31 Å². The molecule has 0 saturated carbocycles. The molecule has 13 heteroatoms. The molecule has 2 aliphatic rings. The summed E-state index contributed by atoms with van der Waals surface area (Å²) in [5.41, 5.74) is 1.80. The number of morpholine rings is 1. The van der Waals surface area contributed by atoms with Crippen LogP contribution in [0.5, 0.6) is 0 Å². The van der Waals surface area contributed by atoms with Crippen molar-refractivity contribution in [3.63, 3.8) is 0 Å². The molecule has 0 atom stereocenters. The lowest BCUT2D eigenvalue weighted by Crippen LogP contribution is -2.53. The van der Waals surface area contributed by atoms with Crippen LogP contribution in [0.3, 0.4) is 0 Å². The number of ether oxygens (including phenoxy) is 1. The monoisotopic (exact) mass is 579 g/mol. The van der Waals surface area contributed by atoms with Crippen molar-refractivity contribution in [1.29, 1.82) is 0 Å². The molecule has 0 radical (unpaired) electrons. The molecule has 0 aliphatic carbocycles. The number of non-ortho nitro benzene ring substituents is 1. The van der Waals surface area contributed by atoms with E-state index in [9.17, 15) is 18.5 Å². The third kappa shape index (κ3) is 7.01. The van der Waals surface area contributed by atoms with Crippen molar-refractivity contribution < 1.29 is 18.1 Å². The number of hydrogen-bond donors (Lipinski definition) is 1. The maximum atomic E-state index is 13.8. The first kappa shape index (κ1) is 28.7. The lowest BCUT2D eigenvalue weighted by Gasteiger charge is -2.36. The molecule has 0 amide bonds. The van der Waals surface area contributed by atoms with Crippen LogP contribution in [0.15, 0.2) is 51.1 Å². The molecule has 2 aromatic carbocycles. The van der Waals surface area contributed by atoms with Gasteiger partial charge in [-0.3, -0.25) is 15.0 Å². The highest BCUT2D eigenvalue weighted by Gasteiger charge is 2.32. The van der Waals surface area contributed by atoms with E-state index in [1.54, 1.807) is 0 Å². The molecule has 0 spiro atoms. The van der Waals surface area contributed by atoms with Gasteiger partial charge in [0.1, 0.15) is 4.90 Å². The lowest BCUT2D eigenvalue weighted by molar-refractivity contribution is -0.385. The minimum atomic E-state index is -3.97. The van der Waals surface area contributed by atoms with E-state index < -0.39 is 14.9 Å². The summed E-state index contributed by atoms with van der Waals surface area (Å²) in [4.78, 5) is 16.5. The Labute approximate surface area is 233 Å². The van der Waals surface area contributed by atoms with E-state index in [1.807, 2.05) is 36.9 Å². The molecule has 2 heterocycles. The second-order valence-electron chi connectivity index (χ2n) is 9.34. The Morgan fingerprint density at radius 1 is 1.05 bits per heavy atom. The van der Waals surface area contributed by atoms with Gasteiger partial charge in [-0.05, 0) is 49.3 Å². The summed E-state index contributed by atoms with van der Waals surface area (Å²) in [5, 5.41) is 15.4. The summed E-state index contributed by atoms with van der Waals surface area (Å²) >= 11 is 6.86. The van der Waals surface area contributed by atoms with Crippen molar-refractivity contribution in [1.82, 2.24) is 19.4 Å². The van der Waals surface area contributed by atoms with Crippen LogP contribution in [-0.2, 0) is 14.8 Å². The van der Waals surface area contributed by atoms with Crippen molar-refractivity contribution in [2.24, 2.45) is 0 Å². The number of sulfonamides is 1. The number of hydrogen-bond acceptors (Lipinski definition) is 8. The molecule has 2 aliphatic heterocycles. The highest BCUT2D eigenvalue weighted by Crippen LogP contribution is 2.38. The maximum absolute atomic E-state index is 13.8. The molecule has 1 N–H and O–H groups in total. The van der Waals surface area contributed by atoms with Crippen LogP contribution in [0.1, 0.15) is 11.1 Å². The molecule has 2 saturated heterocycles. The van der Waals surface area contributed by atoms with Crippen LogP contribution in [0.2, 0.25) is 0 Å². The Bertz CT molecular complexity index is 1280. The smallest absolute Gasteiger partial charge is 0.270 e. The molecular formula is C25H33N5O5S3. The Kier molecular flexibility index (Phi) is 9.60. The Morgan fingerprint density at radius 2 is 1.76 bits per heavy atom. The van der Waals surface area contributed by atoms with Crippen molar-refractivity contribution in [3.8, 4) is 0 Å². The summed E-state index contributed by atoms with van der Waals surface area (Å²) in [6, 6.07) is 10.0. The van der Waals surface area contributed by atoms with Crippen LogP contribution < -0.4 is 5.32 Å². The second-order valence-corrected chi connectivity index (χ2v) is 12.7. The maximum Gasteiger partial charge on any atom is 0.270 e. The zero-order valence-electron chi connectivity index (χ0n) is 21.6. The van der Waals surface area contributed by atoms with E-state index in [-0.39, 0.29) is 23.7 Å². The van der Waals surface area contributed by atoms with E-state index >= 15 is 0 Å². The third-order valence-corrected chi connectivity index (χ3v) is 10.4. The number of nitro groups is 1. The molecule has 0 unspecified atom stereocenters. The van der Waals surface area contributed by atoms with Crippen LogP contribution in [0.25, 0.3) is 0 Å². The third-order valence-electron chi connectivity index (χ3n) is 6.65. The summed E-state index contributed by atoms with van der Waals surface area (Å²) in [5.74, 6) is 0. The first-order chi connectivity index (χ1) is 18.1. The van der Waals surface area contributed by atoms with Crippen molar-refractivity contribution in [2.45, 2.75) is 28.5 Å². The largest absolute Gasteiger partial charge is 0.379 e. The topological polar surface area (TPSA) is 108 Å². The first-order valence-electron chi connectivity index (χ1n) is 12.5. The highest BCUT2D eigenvalue weighted by molar-refractivity contribution is 8.00. The number of nitrogens with zero attached hydrogens (tertiary/aromatic N) is 4.